The molecule has 1 aliphatic carbocycles. The average Bonchev–Trinajstić information content (AvgIpc) is 2.17. The van der Waals surface area contributed by atoms with Gasteiger partial charge in [0.05, 0.1) is 5.92 Å². The minimum atomic E-state index is -0.691. The van der Waals surface area contributed by atoms with E-state index in [9.17, 15) is 4.79 Å². The average molecular weight is 210 g/mol. The van der Waals surface area contributed by atoms with Crippen LogP contribution < -0.4 is 0 Å². The molecule has 2 heteroatoms. The number of rotatable bonds is 4. The molecule has 0 spiro atoms. The zero-order valence-electron chi connectivity index (χ0n) is 9.99. The first kappa shape index (κ1) is 12.3. The molecule has 0 aromatic carbocycles. The van der Waals surface area contributed by atoms with Crippen LogP contribution in [0.2, 0.25) is 0 Å². The normalized spacial score (nSPS) is 23.7. The molecule has 2 nitrogen and oxygen atoms in total. The minimum absolute atomic E-state index is 0.287. The standard InChI is InChI=1S/C13H22O2/c1-9(2)8-11-4-6-12(7-5-11)10(3)13(14)15/h6,9-11H,4-5,7-8H2,1-3H3,(H,14,15)/t10-,11-/m0/s1. The first-order chi connectivity index (χ1) is 7.00. The molecule has 0 aliphatic heterocycles. The van der Waals surface area contributed by atoms with E-state index < -0.39 is 5.97 Å². The summed E-state index contributed by atoms with van der Waals surface area (Å²) < 4.78 is 0. The van der Waals surface area contributed by atoms with Crippen LogP contribution in [-0.2, 0) is 4.79 Å². The number of carbonyl (C=O) groups is 1. The highest BCUT2D eigenvalue weighted by Crippen LogP contribution is 2.31. The minimum Gasteiger partial charge on any atom is -0.481 e. The van der Waals surface area contributed by atoms with Gasteiger partial charge in [0, 0.05) is 0 Å². The third kappa shape index (κ3) is 3.69. The van der Waals surface area contributed by atoms with Gasteiger partial charge in [-0.15, -0.1) is 0 Å². The summed E-state index contributed by atoms with van der Waals surface area (Å²) in [7, 11) is 0. The van der Waals surface area contributed by atoms with Gasteiger partial charge in [-0.25, -0.2) is 0 Å². The lowest BCUT2D eigenvalue weighted by molar-refractivity contribution is -0.139. The van der Waals surface area contributed by atoms with Gasteiger partial charge >= 0.3 is 5.97 Å². The van der Waals surface area contributed by atoms with Crippen molar-refractivity contribution in [3.8, 4) is 0 Å². The molecule has 0 fully saturated rings. The second-order valence-electron chi connectivity index (χ2n) is 5.11. The Morgan fingerprint density at radius 3 is 2.60 bits per heavy atom. The monoisotopic (exact) mass is 210 g/mol. The molecule has 0 amide bonds. The van der Waals surface area contributed by atoms with Crippen LogP contribution in [0.25, 0.3) is 0 Å². The van der Waals surface area contributed by atoms with Crippen molar-refractivity contribution in [2.24, 2.45) is 17.8 Å². The van der Waals surface area contributed by atoms with Gasteiger partial charge in [-0.1, -0.05) is 25.5 Å². The van der Waals surface area contributed by atoms with E-state index in [-0.39, 0.29) is 5.92 Å². The number of allylic oxidation sites excluding steroid dienone is 1. The Balaban J connectivity index is 2.48. The van der Waals surface area contributed by atoms with E-state index in [4.69, 9.17) is 5.11 Å². The molecule has 0 heterocycles. The van der Waals surface area contributed by atoms with Gasteiger partial charge in [-0.05, 0) is 44.4 Å². The molecule has 15 heavy (non-hydrogen) atoms. The highest BCUT2D eigenvalue weighted by Gasteiger charge is 2.22. The number of hydrogen-bond acceptors (Lipinski definition) is 1. The quantitative estimate of drug-likeness (QED) is 0.721. The van der Waals surface area contributed by atoms with Gasteiger partial charge in [0.15, 0.2) is 0 Å². The van der Waals surface area contributed by atoms with Crippen molar-refractivity contribution in [1.82, 2.24) is 0 Å². The molecule has 0 aromatic rings. The van der Waals surface area contributed by atoms with Gasteiger partial charge in [-0.3, -0.25) is 4.79 Å². The predicted molar refractivity (Wildman–Crippen MR) is 61.7 cm³/mol. The maximum atomic E-state index is 10.8. The molecule has 1 rings (SSSR count). The summed E-state index contributed by atoms with van der Waals surface area (Å²) in [5.41, 5.74) is 1.13. The fourth-order valence-corrected chi connectivity index (χ4v) is 2.34. The van der Waals surface area contributed by atoms with Gasteiger partial charge in [0.25, 0.3) is 0 Å². The third-order valence-corrected chi connectivity index (χ3v) is 3.29. The Kier molecular flexibility index (Phi) is 4.37. The Hall–Kier alpha value is -0.790. The van der Waals surface area contributed by atoms with Crippen molar-refractivity contribution in [2.45, 2.75) is 46.5 Å². The lowest BCUT2D eigenvalue weighted by Gasteiger charge is -2.24. The molecule has 86 valence electrons. The van der Waals surface area contributed by atoms with Crippen LogP contribution in [0, 0.1) is 17.8 Å². The molecular weight excluding hydrogens is 188 g/mol. The number of carboxylic acid groups (broad SMARTS) is 1. The Morgan fingerprint density at radius 2 is 2.20 bits per heavy atom. The van der Waals surface area contributed by atoms with Crippen LogP contribution in [0.5, 0.6) is 0 Å². The number of carboxylic acids is 1. The third-order valence-electron chi connectivity index (χ3n) is 3.29. The van der Waals surface area contributed by atoms with Crippen LogP contribution in [0.4, 0.5) is 0 Å². The van der Waals surface area contributed by atoms with E-state index in [2.05, 4.69) is 19.9 Å². The van der Waals surface area contributed by atoms with Crippen LogP contribution in [0.1, 0.15) is 46.5 Å². The first-order valence-electron chi connectivity index (χ1n) is 5.92. The smallest absolute Gasteiger partial charge is 0.310 e. The van der Waals surface area contributed by atoms with Crippen LogP contribution >= 0.6 is 0 Å². The number of hydrogen-bond donors (Lipinski definition) is 1. The van der Waals surface area contributed by atoms with Crippen molar-refractivity contribution in [3.63, 3.8) is 0 Å². The molecule has 1 N–H and O–H groups in total. The topological polar surface area (TPSA) is 37.3 Å². The van der Waals surface area contributed by atoms with E-state index in [1.165, 1.54) is 12.8 Å². The lowest BCUT2D eigenvalue weighted by Crippen LogP contribution is -2.17. The van der Waals surface area contributed by atoms with E-state index in [0.29, 0.717) is 0 Å². The Labute approximate surface area is 92.4 Å². The van der Waals surface area contributed by atoms with Gasteiger partial charge in [0.2, 0.25) is 0 Å². The van der Waals surface area contributed by atoms with Gasteiger partial charge in [-0.2, -0.15) is 0 Å². The summed E-state index contributed by atoms with van der Waals surface area (Å²) in [6, 6.07) is 0. The largest absolute Gasteiger partial charge is 0.481 e. The maximum absolute atomic E-state index is 10.8. The summed E-state index contributed by atoms with van der Waals surface area (Å²) in [5.74, 6) is 0.546. The Morgan fingerprint density at radius 1 is 1.53 bits per heavy atom. The Bertz CT molecular complexity index is 253. The van der Waals surface area contributed by atoms with Gasteiger partial charge < -0.3 is 5.11 Å². The van der Waals surface area contributed by atoms with Crippen molar-refractivity contribution >= 4 is 5.97 Å². The van der Waals surface area contributed by atoms with E-state index in [1.807, 2.05) is 0 Å². The van der Waals surface area contributed by atoms with Gasteiger partial charge in [0.1, 0.15) is 0 Å². The molecular formula is C13H22O2. The summed E-state index contributed by atoms with van der Waals surface area (Å²) in [5, 5.41) is 8.90. The van der Waals surface area contributed by atoms with Crippen molar-refractivity contribution in [3.05, 3.63) is 11.6 Å². The van der Waals surface area contributed by atoms with Crippen LogP contribution in [0.3, 0.4) is 0 Å². The SMILES string of the molecule is CC(C)C[C@H]1CC=C([C@H](C)C(=O)O)CC1. The summed E-state index contributed by atoms with van der Waals surface area (Å²) in [6.07, 6.45) is 6.65. The molecule has 2 atom stereocenters. The van der Waals surface area contributed by atoms with Crippen molar-refractivity contribution < 1.29 is 9.90 Å². The van der Waals surface area contributed by atoms with E-state index in [1.54, 1.807) is 6.92 Å². The highest BCUT2D eigenvalue weighted by molar-refractivity contribution is 5.73. The zero-order valence-corrected chi connectivity index (χ0v) is 9.99. The molecule has 0 unspecified atom stereocenters. The molecule has 0 saturated carbocycles. The van der Waals surface area contributed by atoms with E-state index in [0.717, 1.165) is 30.3 Å². The van der Waals surface area contributed by atoms with E-state index >= 15 is 0 Å². The van der Waals surface area contributed by atoms with Crippen molar-refractivity contribution in [1.29, 1.82) is 0 Å². The summed E-state index contributed by atoms with van der Waals surface area (Å²) >= 11 is 0. The predicted octanol–water partition coefficient (Wildman–Crippen LogP) is 3.48. The van der Waals surface area contributed by atoms with Crippen LogP contribution in [0.15, 0.2) is 11.6 Å². The molecule has 0 radical (unpaired) electrons. The highest BCUT2D eigenvalue weighted by atomic mass is 16.4. The maximum Gasteiger partial charge on any atom is 0.310 e. The molecule has 0 saturated heterocycles. The van der Waals surface area contributed by atoms with Crippen LogP contribution in [-0.4, -0.2) is 11.1 Å². The second kappa shape index (κ2) is 5.34. The first-order valence-corrected chi connectivity index (χ1v) is 5.92. The summed E-state index contributed by atoms with van der Waals surface area (Å²) in [6.45, 7) is 6.29. The lowest BCUT2D eigenvalue weighted by atomic mass is 9.81. The molecule has 0 aromatic heterocycles. The fourth-order valence-electron chi connectivity index (χ4n) is 2.34. The second-order valence-corrected chi connectivity index (χ2v) is 5.11. The zero-order chi connectivity index (χ0) is 11.4. The molecule has 0 bridgehead atoms. The number of aliphatic carboxylic acids is 1. The molecule has 1 aliphatic rings. The van der Waals surface area contributed by atoms with Crippen molar-refractivity contribution in [2.75, 3.05) is 0 Å². The fraction of sp³-hybridized carbons (Fsp3) is 0.769. The summed E-state index contributed by atoms with van der Waals surface area (Å²) in [4.78, 5) is 10.8.